The Morgan fingerprint density at radius 3 is 3.09 bits per heavy atom. The Morgan fingerprint density at radius 2 is 2.55 bits per heavy atom. The van der Waals surface area contributed by atoms with E-state index in [4.69, 9.17) is 0 Å². The maximum atomic E-state index is 4.05. The number of alkyl halides is 1. The van der Waals surface area contributed by atoms with E-state index in [0.29, 0.717) is 0 Å². The van der Waals surface area contributed by atoms with E-state index >= 15 is 0 Å². The Kier molecular flexibility index (Phi) is 3.36. The molecule has 60 valence electrons. The van der Waals surface area contributed by atoms with Crippen LogP contribution in [0.5, 0.6) is 0 Å². The second-order valence-corrected chi connectivity index (χ2v) is 3.12. The summed E-state index contributed by atoms with van der Waals surface area (Å²) in [5.41, 5.74) is 1.16. The van der Waals surface area contributed by atoms with Crippen LogP contribution in [0.4, 0.5) is 0 Å². The van der Waals surface area contributed by atoms with E-state index in [2.05, 4.69) is 33.2 Å². The van der Waals surface area contributed by atoms with Crippen LogP contribution < -0.4 is 0 Å². The first-order chi connectivity index (χ1) is 5.33. The lowest BCUT2D eigenvalue weighted by Gasteiger charge is -1.83. The van der Waals surface area contributed by atoms with Gasteiger partial charge < -0.3 is 0 Å². The Bertz CT molecular complexity index is 240. The molecule has 0 aromatic carbocycles. The van der Waals surface area contributed by atoms with E-state index in [1.54, 1.807) is 4.68 Å². The highest BCUT2D eigenvalue weighted by Crippen LogP contribution is 2.00. The molecule has 0 amide bonds. The van der Waals surface area contributed by atoms with Crippen molar-refractivity contribution in [3.8, 4) is 0 Å². The van der Waals surface area contributed by atoms with Crippen molar-refractivity contribution >= 4 is 22.0 Å². The number of nitrogens with zero attached hydrogens (tertiary/aromatic N) is 2. The topological polar surface area (TPSA) is 17.8 Å². The van der Waals surface area contributed by atoms with Gasteiger partial charge in [-0.25, -0.2) is 0 Å². The SMILES string of the molecule is Cn1cc(C=CCCBr)cn1. The Labute approximate surface area is 75.0 Å². The quantitative estimate of drug-likeness (QED) is 0.707. The zero-order valence-corrected chi connectivity index (χ0v) is 8.08. The number of allylic oxidation sites excluding steroid dienone is 1. The molecule has 11 heavy (non-hydrogen) atoms. The monoisotopic (exact) mass is 214 g/mol. The first kappa shape index (κ1) is 8.53. The molecule has 0 aliphatic heterocycles. The van der Waals surface area contributed by atoms with E-state index in [9.17, 15) is 0 Å². The molecule has 0 aliphatic carbocycles. The van der Waals surface area contributed by atoms with E-state index in [0.717, 1.165) is 17.3 Å². The lowest BCUT2D eigenvalue weighted by molar-refractivity contribution is 0.767. The van der Waals surface area contributed by atoms with Crippen molar-refractivity contribution < 1.29 is 0 Å². The summed E-state index contributed by atoms with van der Waals surface area (Å²) >= 11 is 3.36. The number of aryl methyl sites for hydroxylation is 1. The van der Waals surface area contributed by atoms with Crippen molar-refractivity contribution in [2.75, 3.05) is 5.33 Å². The minimum absolute atomic E-state index is 1.02. The van der Waals surface area contributed by atoms with Gasteiger partial charge in [-0.15, -0.1) is 0 Å². The average Bonchev–Trinajstić information content (AvgIpc) is 2.37. The molecule has 2 nitrogen and oxygen atoms in total. The number of halogens is 1. The van der Waals surface area contributed by atoms with Crippen molar-refractivity contribution in [2.45, 2.75) is 6.42 Å². The van der Waals surface area contributed by atoms with Gasteiger partial charge in [0.15, 0.2) is 0 Å². The van der Waals surface area contributed by atoms with Gasteiger partial charge in [-0.2, -0.15) is 5.10 Å². The molecule has 1 aromatic rings. The van der Waals surface area contributed by atoms with Gasteiger partial charge >= 0.3 is 0 Å². The minimum Gasteiger partial charge on any atom is -0.275 e. The van der Waals surface area contributed by atoms with Crippen molar-refractivity contribution in [2.24, 2.45) is 7.05 Å². The summed E-state index contributed by atoms with van der Waals surface area (Å²) in [6.07, 6.45) is 9.12. The molecule has 1 rings (SSSR count). The Morgan fingerprint density at radius 1 is 1.73 bits per heavy atom. The maximum absolute atomic E-state index is 4.05. The fraction of sp³-hybridized carbons (Fsp3) is 0.375. The Hall–Kier alpha value is -0.570. The fourth-order valence-corrected chi connectivity index (χ4v) is 1.07. The van der Waals surface area contributed by atoms with Crippen LogP contribution in [0.2, 0.25) is 0 Å². The van der Waals surface area contributed by atoms with Gasteiger partial charge in [-0.3, -0.25) is 4.68 Å². The van der Waals surface area contributed by atoms with Gasteiger partial charge in [0.2, 0.25) is 0 Å². The van der Waals surface area contributed by atoms with Gasteiger partial charge in [-0.1, -0.05) is 28.1 Å². The third-order valence-corrected chi connectivity index (χ3v) is 1.77. The molecule has 0 saturated heterocycles. The second-order valence-electron chi connectivity index (χ2n) is 2.33. The average molecular weight is 215 g/mol. The molecular weight excluding hydrogens is 204 g/mol. The predicted octanol–water partition coefficient (Wildman–Crippen LogP) is 2.22. The van der Waals surface area contributed by atoms with E-state index < -0.39 is 0 Å². The molecule has 1 aromatic heterocycles. The smallest absolute Gasteiger partial charge is 0.0562 e. The zero-order valence-electron chi connectivity index (χ0n) is 6.50. The van der Waals surface area contributed by atoms with Crippen LogP contribution >= 0.6 is 15.9 Å². The maximum Gasteiger partial charge on any atom is 0.0562 e. The third kappa shape index (κ3) is 2.89. The van der Waals surface area contributed by atoms with Crippen molar-refractivity contribution in [3.05, 3.63) is 24.0 Å². The standard InChI is InChI=1S/C8H11BrN2/c1-11-7-8(6-10-11)4-2-3-5-9/h2,4,6-7H,3,5H2,1H3. The van der Waals surface area contributed by atoms with Crippen molar-refractivity contribution in [1.82, 2.24) is 9.78 Å². The van der Waals surface area contributed by atoms with Crippen molar-refractivity contribution in [3.63, 3.8) is 0 Å². The van der Waals surface area contributed by atoms with Crippen LogP contribution in [0.1, 0.15) is 12.0 Å². The first-order valence-corrected chi connectivity index (χ1v) is 4.66. The van der Waals surface area contributed by atoms with Crippen LogP contribution in [0.3, 0.4) is 0 Å². The molecule has 3 heteroatoms. The summed E-state index contributed by atoms with van der Waals surface area (Å²) in [4.78, 5) is 0. The summed E-state index contributed by atoms with van der Waals surface area (Å²) in [6, 6.07) is 0. The molecule has 0 N–H and O–H groups in total. The van der Waals surface area contributed by atoms with Crippen LogP contribution in [0.15, 0.2) is 18.5 Å². The van der Waals surface area contributed by atoms with Crippen LogP contribution in [-0.4, -0.2) is 15.1 Å². The zero-order chi connectivity index (χ0) is 8.10. The number of hydrogen-bond donors (Lipinski definition) is 0. The molecule has 0 spiro atoms. The van der Waals surface area contributed by atoms with Gasteiger partial charge in [0.25, 0.3) is 0 Å². The van der Waals surface area contributed by atoms with E-state index in [1.807, 2.05) is 19.4 Å². The largest absolute Gasteiger partial charge is 0.275 e. The summed E-state index contributed by atoms with van der Waals surface area (Å²) in [7, 11) is 1.92. The molecule has 1 heterocycles. The molecule has 0 radical (unpaired) electrons. The van der Waals surface area contributed by atoms with E-state index in [-0.39, 0.29) is 0 Å². The highest BCUT2D eigenvalue weighted by atomic mass is 79.9. The number of aromatic nitrogens is 2. The Balaban J connectivity index is 2.50. The predicted molar refractivity (Wildman–Crippen MR) is 50.7 cm³/mol. The summed E-state index contributed by atoms with van der Waals surface area (Å²) in [5, 5.41) is 5.07. The van der Waals surface area contributed by atoms with Gasteiger partial charge in [-0.05, 0) is 6.42 Å². The van der Waals surface area contributed by atoms with Crippen LogP contribution in [-0.2, 0) is 7.05 Å². The van der Waals surface area contributed by atoms with Crippen LogP contribution in [0.25, 0.3) is 6.08 Å². The molecule has 0 unspecified atom stereocenters. The lowest BCUT2D eigenvalue weighted by atomic mass is 10.3. The van der Waals surface area contributed by atoms with Gasteiger partial charge in [0.1, 0.15) is 0 Å². The summed E-state index contributed by atoms with van der Waals surface area (Å²) in [5.74, 6) is 0. The molecule has 0 aliphatic rings. The lowest BCUT2D eigenvalue weighted by Crippen LogP contribution is -1.83. The molecule has 0 atom stereocenters. The van der Waals surface area contributed by atoms with Gasteiger partial charge in [0, 0.05) is 24.1 Å². The normalized spacial score (nSPS) is 11.1. The highest BCUT2D eigenvalue weighted by Gasteiger charge is 1.87. The molecule has 0 fully saturated rings. The molecule has 0 saturated carbocycles. The highest BCUT2D eigenvalue weighted by molar-refractivity contribution is 9.09. The second kappa shape index (κ2) is 4.34. The number of hydrogen-bond acceptors (Lipinski definition) is 1. The molecular formula is C8H11BrN2. The summed E-state index contributed by atoms with van der Waals surface area (Å²) < 4.78 is 1.80. The third-order valence-electron chi connectivity index (χ3n) is 1.31. The number of rotatable bonds is 3. The van der Waals surface area contributed by atoms with Crippen molar-refractivity contribution in [1.29, 1.82) is 0 Å². The van der Waals surface area contributed by atoms with E-state index in [1.165, 1.54) is 0 Å². The molecule has 0 bridgehead atoms. The van der Waals surface area contributed by atoms with Crippen LogP contribution in [0, 0.1) is 0 Å². The van der Waals surface area contributed by atoms with Gasteiger partial charge in [0.05, 0.1) is 6.20 Å². The first-order valence-electron chi connectivity index (χ1n) is 3.54. The fourth-order valence-electron chi connectivity index (χ4n) is 0.809. The summed E-state index contributed by atoms with van der Waals surface area (Å²) in [6.45, 7) is 0. The minimum atomic E-state index is 1.02.